The molecule has 0 aliphatic rings. The van der Waals surface area contributed by atoms with Gasteiger partial charge >= 0.3 is 18.3 Å². The average Bonchev–Trinajstić information content (AvgIpc) is 3.10. The van der Waals surface area contributed by atoms with Crippen molar-refractivity contribution in [1.82, 2.24) is 10.3 Å². The standard InChI is InChI=1S/C21H23F3N2O3.C2H2O4/c1-13-17(18-10-16(29-21(22,23)24)6-7-19(18)26-13)8-9-25-12-14-4-5-15(27-2)11-20(14)28-3;3-1(4)2(5)6/h4-7,10-11,25-26H,8-9,12H2,1-3H3;(H,3,4)(H,5,6). The van der Waals surface area contributed by atoms with Crippen molar-refractivity contribution in [3.8, 4) is 17.2 Å². The summed E-state index contributed by atoms with van der Waals surface area (Å²) in [5.74, 6) is -2.42. The van der Waals surface area contributed by atoms with E-state index in [1.807, 2.05) is 25.1 Å². The lowest BCUT2D eigenvalue weighted by Gasteiger charge is -2.12. The zero-order valence-corrected chi connectivity index (χ0v) is 19.2. The topological polar surface area (TPSA) is 130 Å². The third-order valence-corrected chi connectivity index (χ3v) is 4.87. The molecule has 3 rings (SSSR count). The number of rotatable bonds is 8. The van der Waals surface area contributed by atoms with Gasteiger partial charge in [-0.15, -0.1) is 13.2 Å². The van der Waals surface area contributed by atoms with Crippen LogP contribution in [0.2, 0.25) is 0 Å². The first kappa shape index (κ1) is 27.3. The van der Waals surface area contributed by atoms with Crippen molar-refractivity contribution in [2.75, 3.05) is 20.8 Å². The minimum absolute atomic E-state index is 0.221. The van der Waals surface area contributed by atoms with Gasteiger partial charge in [0.25, 0.3) is 0 Å². The van der Waals surface area contributed by atoms with Crippen LogP contribution >= 0.6 is 0 Å². The molecule has 0 fully saturated rings. The maximum atomic E-state index is 12.5. The van der Waals surface area contributed by atoms with E-state index in [1.54, 1.807) is 20.3 Å². The number of aliphatic carboxylic acids is 2. The maximum absolute atomic E-state index is 12.5. The molecule has 0 aliphatic heterocycles. The number of nitrogens with one attached hydrogen (secondary N) is 2. The van der Waals surface area contributed by atoms with E-state index in [0.717, 1.165) is 39.2 Å². The third-order valence-electron chi connectivity index (χ3n) is 4.87. The molecule has 2 aromatic carbocycles. The smallest absolute Gasteiger partial charge is 0.497 e. The van der Waals surface area contributed by atoms with Crippen LogP contribution in [0.4, 0.5) is 13.2 Å². The molecule has 0 radical (unpaired) electrons. The summed E-state index contributed by atoms with van der Waals surface area (Å²) in [6.45, 7) is 3.15. The number of alkyl halides is 3. The number of aryl methyl sites for hydroxylation is 1. The molecule has 190 valence electrons. The normalized spacial score (nSPS) is 10.9. The van der Waals surface area contributed by atoms with Crippen LogP contribution in [0.25, 0.3) is 10.9 Å². The van der Waals surface area contributed by atoms with Crippen molar-refractivity contribution in [3.63, 3.8) is 0 Å². The summed E-state index contributed by atoms with van der Waals surface area (Å²) in [7, 11) is 3.20. The van der Waals surface area contributed by atoms with Gasteiger partial charge in [0.05, 0.1) is 14.2 Å². The maximum Gasteiger partial charge on any atom is 0.573 e. The molecular weight excluding hydrogens is 473 g/mol. The highest BCUT2D eigenvalue weighted by molar-refractivity contribution is 6.27. The Morgan fingerprint density at radius 3 is 2.23 bits per heavy atom. The number of carboxylic acids is 2. The lowest BCUT2D eigenvalue weighted by molar-refractivity contribution is -0.274. The number of carboxylic acid groups (broad SMARTS) is 2. The number of ether oxygens (including phenoxy) is 3. The fraction of sp³-hybridized carbons (Fsp3) is 0.304. The van der Waals surface area contributed by atoms with Gasteiger partial charge in [-0.05, 0) is 49.7 Å². The SMILES string of the molecule is COc1ccc(CNCCc2c(C)[nH]c3ccc(OC(F)(F)F)cc23)c(OC)c1.O=C(O)C(=O)O. The first-order valence-corrected chi connectivity index (χ1v) is 10.2. The molecule has 0 atom stereocenters. The molecule has 1 heterocycles. The van der Waals surface area contributed by atoms with Gasteiger partial charge in [0.2, 0.25) is 0 Å². The van der Waals surface area contributed by atoms with Crippen LogP contribution in [-0.2, 0) is 22.6 Å². The molecule has 4 N–H and O–H groups in total. The molecule has 1 aromatic heterocycles. The van der Waals surface area contributed by atoms with Gasteiger partial charge in [-0.3, -0.25) is 0 Å². The highest BCUT2D eigenvalue weighted by Gasteiger charge is 2.31. The molecule has 3 aromatic rings. The van der Waals surface area contributed by atoms with E-state index in [-0.39, 0.29) is 5.75 Å². The van der Waals surface area contributed by atoms with E-state index in [0.29, 0.717) is 19.5 Å². The zero-order chi connectivity index (χ0) is 26.2. The number of methoxy groups -OCH3 is 2. The van der Waals surface area contributed by atoms with Crippen molar-refractivity contribution in [3.05, 3.63) is 53.2 Å². The van der Waals surface area contributed by atoms with E-state index in [4.69, 9.17) is 29.3 Å². The summed E-state index contributed by atoms with van der Waals surface area (Å²) in [5.41, 5.74) is 3.66. The number of benzene rings is 2. The Hall–Kier alpha value is -3.93. The van der Waals surface area contributed by atoms with Crippen LogP contribution in [-0.4, -0.2) is 54.3 Å². The monoisotopic (exact) mass is 498 g/mol. The number of fused-ring (bicyclic) bond motifs is 1. The van der Waals surface area contributed by atoms with Crippen LogP contribution in [0.1, 0.15) is 16.8 Å². The molecular formula is C23H25F3N2O7. The van der Waals surface area contributed by atoms with E-state index in [1.165, 1.54) is 12.1 Å². The number of H-pyrrole nitrogens is 1. The van der Waals surface area contributed by atoms with Crippen molar-refractivity contribution in [2.45, 2.75) is 26.3 Å². The molecule has 0 aliphatic carbocycles. The highest BCUT2D eigenvalue weighted by atomic mass is 19.4. The van der Waals surface area contributed by atoms with Crippen molar-refractivity contribution >= 4 is 22.8 Å². The van der Waals surface area contributed by atoms with Gasteiger partial charge in [-0.25, -0.2) is 9.59 Å². The summed E-state index contributed by atoms with van der Waals surface area (Å²) in [6, 6.07) is 9.96. The second-order valence-electron chi connectivity index (χ2n) is 7.20. The predicted octanol–water partition coefficient (Wildman–Crippen LogP) is 3.88. The van der Waals surface area contributed by atoms with Gasteiger partial charge in [0, 0.05) is 34.8 Å². The van der Waals surface area contributed by atoms with Gasteiger partial charge in [0.1, 0.15) is 17.2 Å². The number of hydrogen-bond acceptors (Lipinski definition) is 6. The third kappa shape index (κ3) is 8.10. The number of hydrogen-bond donors (Lipinski definition) is 4. The fourth-order valence-electron chi connectivity index (χ4n) is 3.32. The average molecular weight is 498 g/mol. The van der Waals surface area contributed by atoms with Gasteiger partial charge in [-0.2, -0.15) is 0 Å². The van der Waals surface area contributed by atoms with Gasteiger partial charge in [-0.1, -0.05) is 6.07 Å². The molecule has 0 saturated heterocycles. The Kier molecular flexibility index (Phi) is 9.34. The van der Waals surface area contributed by atoms with E-state index in [2.05, 4.69) is 15.0 Å². The molecule has 0 unspecified atom stereocenters. The Morgan fingerprint density at radius 1 is 1.00 bits per heavy atom. The lowest BCUT2D eigenvalue weighted by atomic mass is 10.1. The number of carbonyl (C=O) groups is 2. The minimum Gasteiger partial charge on any atom is -0.497 e. The Labute approximate surface area is 198 Å². The van der Waals surface area contributed by atoms with Crippen LogP contribution in [0.5, 0.6) is 17.2 Å². The summed E-state index contributed by atoms with van der Waals surface area (Å²) in [6.07, 6.45) is -4.06. The lowest BCUT2D eigenvalue weighted by Crippen LogP contribution is -2.17. The number of aromatic nitrogens is 1. The van der Waals surface area contributed by atoms with Crippen molar-refractivity contribution < 1.29 is 47.2 Å². The second-order valence-corrected chi connectivity index (χ2v) is 7.20. The highest BCUT2D eigenvalue weighted by Crippen LogP contribution is 2.30. The predicted molar refractivity (Wildman–Crippen MR) is 120 cm³/mol. The zero-order valence-electron chi connectivity index (χ0n) is 19.2. The van der Waals surface area contributed by atoms with E-state index in [9.17, 15) is 13.2 Å². The van der Waals surface area contributed by atoms with Crippen LogP contribution < -0.4 is 19.5 Å². The second kappa shape index (κ2) is 12.0. The molecule has 0 spiro atoms. The quantitative estimate of drug-likeness (QED) is 0.272. The number of halogens is 3. The van der Waals surface area contributed by atoms with Gasteiger partial charge in [0.15, 0.2) is 0 Å². The minimum atomic E-state index is -4.71. The number of aromatic amines is 1. The molecule has 35 heavy (non-hydrogen) atoms. The fourth-order valence-corrected chi connectivity index (χ4v) is 3.32. The molecule has 0 saturated carbocycles. The summed E-state index contributed by atoms with van der Waals surface area (Å²) < 4.78 is 52.2. The first-order chi connectivity index (χ1) is 16.4. The molecule has 0 bridgehead atoms. The van der Waals surface area contributed by atoms with E-state index < -0.39 is 18.3 Å². The Morgan fingerprint density at radius 2 is 1.66 bits per heavy atom. The molecule has 0 amide bonds. The summed E-state index contributed by atoms with van der Waals surface area (Å²) >= 11 is 0. The van der Waals surface area contributed by atoms with Gasteiger partial charge < -0.3 is 34.7 Å². The molecule has 9 nitrogen and oxygen atoms in total. The van der Waals surface area contributed by atoms with Crippen molar-refractivity contribution in [2.24, 2.45) is 0 Å². The summed E-state index contributed by atoms with van der Waals surface area (Å²) in [4.78, 5) is 21.4. The molecule has 12 heteroatoms. The Balaban J connectivity index is 0.000000641. The first-order valence-electron chi connectivity index (χ1n) is 10.2. The van der Waals surface area contributed by atoms with Crippen LogP contribution in [0.15, 0.2) is 36.4 Å². The Bertz CT molecular complexity index is 1160. The van der Waals surface area contributed by atoms with E-state index >= 15 is 0 Å². The summed E-state index contributed by atoms with van der Waals surface area (Å²) in [5, 5.41) is 18.9. The largest absolute Gasteiger partial charge is 0.573 e. The van der Waals surface area contributed by atoms with Crippen LogP contribution in [0.3, 0.4) is 0 Å². The van der Waals surface area contributed by atoms with Crippen molar-refractivity contribution in [1.29, 1.82) is 0 Å². The van der Waals surface area contributed by atoms with Crippen LogP contribution in [0, 0.1) is 6.92 Å².